The second-order valence-corrected chi connectivity index (χ2v) is 5.77. The summed E-state index contributed by atoms with van der Waals surface area (Å²) in [5.74, 6) is 1.52. The van der Waals surface area contributed by atoms with Crippen molar-refractivity contribution in [3.05, 3.63) is 30.1 Å². The predicted molar refractivity (Wildman–Crippen MR) is 93.3 cm³/mol. The molecular formula is C14H23Cl2N3OS. The van der Waals surface area contributed by atoms with Gasteiger partial charge in [0.05, 0.1) is 11.4 Å². The van der Waals surface area contributed by atoms with E-state index < -0.39 is 0 Å². The molecule has 2 heterocycles. The van der Waals surface area contributed by atoms with Crippen molar-refractivity contribution >= 4 is 42.5 Å². The normalized spacial score (nSPS) is 17.6. The Morgan fingerprint density at radius 1 is 1.38 bits per heavy atom. The van der Waals surface area contributed by atoms with Crippen LogP contribution < -0.4 is 5.73 Å². The summed E-state index contributed by atoms with van der Waals surface area (Å²) < 4.78 is 0. The number of nitrogens with zero attached hydrogens (tertiary/aromatic N) is 2. The maximum absolute atomic E-state index is 12.2. The molecule has 4 nitrogen and oxygen atoms in total. The summed E-state index contributed by atoms with van der Waals surface area (Å²) >= 11 is 1.63. The molecule has 2 rings (SSSR count). The van der Waals surface area contributed by atoms with Gasteiger partial charge < -0.3 is 10.6 Å². The molecule has 1 aromatic rings. The molecule has 1 aromatic heterocycles. The zero-order chi connectivity index (χ0) is 13.5. The fraction of sp³-hybridized carbons (Fsp3) is 0.571. The third kappa shape index (κ3) is 6.43. The van der Waals surface area contributed by atoms with Gasteiger partial charge in [-0.1, -0.05) is 6.07 Å². The third-order valence-corrected chi connectivity index (χ3v) is 4.37. The number of carbonyl (C=O) groups excluding carboxylic acids is 1. The van der Waals surface area contributed by atoms with Gasteiger partial charge >= 0.3 is 0 Å². The van der Waals surface area contributed by atoms with Gasteiger partial charge in [0, 0.05) is 31.1 Å². The molecule has 0 saturated carbocycles. The van der Waals surface area contributed by atoms with Gasteiger partial charge in [-0.05, 0) is 31.4 Å². The van der Waals surface area contributed by atoms with Crippen molar-refractivity contribution in [1.29, 1.82) is 0 Å². The van der Waals surface area contributed by atoms with Crippen LogP contribution in [-0.2, 0) is 10.5 Å². The summed E-state index contributed by atoms with van der Waals surface area (Å²) in [5, 5.41) is 0. The fourth-order valence-electron chi connectivity index (χ4n) is 2.38. The first-order chi connectivity index (χ1) is 9.31. The molecule has 0 radical (unpaired) electrons. The van der Waals surface area contributed by atoms with Crippen LogP contribution in [0.15, 0.2) is 24.4 Å². The number of piperidine rings is 1. The lowest BCUT2D eigenvalue weighted by molar-refractivity contribution is -0.131. The molecule has 1 amide bonds. The van der Waals surface area contributed by atoms with Gasteiger partial charge in [0.1, 0.15) is 0 Å². The van der Waals surface area contributed by atoms with Crippen LogP contribution in [0.4, 0.5) is 0 Å². The molecule has 1 aliphatic heterocycles. The molecule has 21 heavy (non-hydrogen) atoms. The number of hydrogen-bond donors (Lipinski definition) is 1. The molecule has 0 aromatic carbocycles. The molecule has 120 valence electrons. The van der Waals surface area contributed by atoms with Crippen molar-refractivity contribution in [3.8, 4) is 0 Å². The lowest BCUT2D eigenvalue weighted by Gasteiger charge is -2.35. The second kappa shape index (κ2) is 11.1. The molecule has 1 saturated heterocycles. The quantitative estimate of drug-likeness (QED) is 0.885. The Labute approximate surface area is 143 Å². The van der Waals surface area contributed by atoms with E-state index in [1.54, 1.807) is 18.0 Å². The lowest BCUT2D eigenvalue weighted by Crippen LogP contribution is -2.48. The van der Waals surface area contributed by atoms with Gasteiger partial charge in [0.25, 0.3) is 0 Å². The lowest BCUT2D eigenvalue weighted by atomic mass is 10.0. The number of hydrogen-bond acceptors (Lipinski definition) is 4. The number of thioether (sulfide) groups is 1. The molecule has 0 aliphatic carbocycles. The number of pyridine rings is 1. The highest BCUT2D eigenvalue weighted by atomic mass is 35.5. The number of nitrogens with two attached hydrogens (primary N) is 1. The van der Waals surface area contributed by atoms with Crippen LogP contribution in [0.5, 0.6) is 0 Å². The van der Waals surface area contributed by atoms with Gasteiger partial charge in [0.15, 0.2) is 0 Å². The van der Waals surface area contributed by atoms with Gasteiger partial charge in [-0.15, -0.1) is 36.6 Å². The van der Waals surface area contributed by atoms with E-state index in [-0.39, 0.29) is 36.8 Å². The standard InChI is InChI=1S/C14H21N3OS.2ClH/c15-9-13-6-2-4-8-17(13)14(18)11-19-10-12-5-1-3-7-16-12;;/h1,3,5,7,13H,2,4,6,8-11,15H2;2*1H. The molecular weight excluding hydrogens is 329 g/mol. The minimum atomic E-state index is 0. The summed E-state index contributed by atoms with van der Waals surface area (Å²) in [6.07, 6.45) is 5.12. The Kier molecular flexibility index (Phi) is 10.9. The summed E-state index contributed by atoms with van der Waals surface area (Å²) in [5.41, 5.74) is 6.76. The Balaban J connectivity index is 0.00000200. The van der Waals surface area contributed by atoms with Crippen molar-refractivity contribution < 1.29 is 4.79 Å². The van der Waals surface area contributed by atoms with Crippen LogP contribution in [0.2, 0.25) is 0 Å². The topological polar surface area (TPSA) is 59.2 Å². The summed E-state index contributed by atoms with van der Waals surface area (Å²) in [6, 6.07) is 6.11. The highest BCUT2D eigenvalue weighted by molar-refractivity contribution is 7.99. The minimum Gasteiger partial charge on any atom is -0.338 e. The summed E-state index contributed by atoms with van der Waals surface area (Å²) in [6.45, 7) is 1.45. The molecule has 1 unspecified atom stereocenters. The molecule has 2 N–H and O–H groups in total. The first-order valence-electron chi connectivity index (χ1n) is 6.78. The Morgan fingerprint density at radius 2 is 2.19 bits per heavy atom. The molecule has 1 aliphatic rings. The van der Waals surface area contributed by atoms with Gasteiger partial charge in [-0.2, -0.15) is 0 Å². The van der Waals surface area contributed by atoms with E-state index in [1.807, 2.05) is 23.1 Å². The van der Waals surface area contributed by atoms with E-state index in [1.165, 1.54) is 6.42 Å². The molecule has 0 bridgehead atoms. The maximum atomic E-state index is 12.2. The Hall–Kier alpha value is -0.490. The summed E-state index contributed by atoms with van der Waals surface area (Å²) in [4.78, 5) is 18.4. The van der Waals surface area contributed by atoms with E-state index in [0.717, 1.165) is 30.8 Å². The van der Waals surface area contributed by atoms with Crippen LogP contribution >= 0.6 is 36.6 Å². The first kappa shape index (κ1) is 20.5. The van der Waals surface area contributed by atoms with Crippen molar-refractivity contribution in [3.63, 3.8) is 0 Å². The minimum absolute atomic E-state index is 0. The Morgan fingerprint density at radius 3 is 2.86 bits per heavy atom. The van der Waals surface area contributed by atoms with Crippen LogP contribution in [0.3, 0.4) is 0 Å². The largest absolute Gasteiger partial charge is 0.338 e. The zero-order valence-corrected chi connectivity index (χ0v) is 14.4. The average molecular weight is 352 g/mol. The third-order valence-electron chi connectivity index (χ3n) is 3.42. The number of rotatable bonds is 5. The number of likely N-dealkylation sites (tertiary alicyclic amines) is 1. The monoisotopic (exact) mass is 351 g/mol. The SMILES string of the molecule is Cl.Cl.NCC1CCCCN1C(=O)CSCc1ccccn1. The van der Waals surface area contributed by atoms with Crippen molar-refractivity contribution in [2.75, 3.05) is 18.8 Å². The van der Waals surface area contributed by atoms with Crippen LogP contribution in [0.1, 0.15) is 25.0 Å². The van der Waals surface area contributed by atoms with E-state index >= 15 is 0 Å². The number of amides is 1. The zero-order valence-electron chi connectivity index (χ0n) is 11.9. The van der Waals surface area contributed by atoms with Crippen molar-refractivity contribution in [2.24, 2.45) is 5.73 Å². The van der Waals surface area contributed by atoms with E-state index in [2.05, 4.69) is 4.98 Å². The van der Waals surface area contributed by atoms with Crippen LogP contribution in [0.25, 0.3) is 0 Å². The van der Waals surface area contributed by atoms with Crippen LogP contribution in [0, 0.1) is 0 Å². The highest BCUT2D eigenvalue weighted by Crippen LogP contribution is 2.18. The van der Waals surface area contributed by atoms with Crippen LogP contribution in [-0.4, -0.2) is 40.7 Å². The van der Waals surface area contributed by atoms with E-state index in [4.69, 9.17) is 5.73 Å². The Bertz CT molecular complexity index is 408. The molecule has 7 heteroatoms. The highest BCUT2D eigenvalue weighted by Gasteiger charge is 2.25. The fourth-order valence-corrected chi connectivity index (χ4v) is 3.21. The summed E-state index contributed by atoms with van der Waals surface area (Å²) in [7, 11) is 0. The second-order valence-electron chi connectivity index (χ2n) is 4.79. The van der Waals surface area contributed by atoms with Gasteiger partial charge in [0.2, 0.25) is 5.91 Å². The van der Waals surface area contributed by atoms with Crippen molar-refractivity contribution in [2.45, 2.75) is 31.1 Å². The molecule has 0 spiro atoms. The van der Waals surface area contributed by atoms with Gasteiger partial charge in [-0.3, -0.25) is 9.78 Å². The first-order valence-corrected chi connectivity index (χ1v) is 7.94. The predicted octanol–water partition coefficient (Wildman–Crippen LogP) is 2.50. The van der Waals surface area contributed by atoms with Crippen molar-refractivity contribution in [1.82, 2.24) is 9.88 Å². The van der Waals surface area contributed by atoms with Gasteiger partial charge in [-0.25, -0.2) is 0 Å². The number of halogens is 2. The average Bonchev–Trinajstić information content (AvgIpc) is 2.48. The maximum Gasteiger partial charge on any atom is 0.232 e. The molecule has 1 fully saturated rings. The molecule has 1 atom stereocenters. The van der Waals surface area contributed by atoms with E-state index in [0.29, 0.717) is 12.3 Å². The number of carbonyl (C=O) groups is 1. The van der Waals surface area contributed by atoms with E-state index in [9.17, 15) is 4.79 Å². The number of aromatic nitrogens is 1. The smallest absolute Gasteiger partial charge is 0.232 e.